The Hall–Kier alpha value is -2.40. The molecule has 1 unspecified atom stereocenters. The fraction of sp³-hybridized carbons (Fsp3) is 0.400. The summed E-state index contributed by atoms with van der Waals surface area (Å²) in [4.78, 5) is 2.55. The second kappa shape index (κ2) is 5.56. The molecule has 2 aromatic rings. The molecule has 0 saturated heterocycles. The zero-order chi connectivity index (χ0) is 17.0. The Morgan fingerprint density at radius 2 is 1.64 bits per heavy atom. The lowest BCUT2D eigenvalue weighted by Gasteiger charge is -2.41. The fourth-order valence-corrected chi connectivity index (χ4v) is 4.30. The molecule has 0 N–H and O–H groups in total. The zero-order valence-corrected chi connectivity index (χ0v) is 14.5. The summed E-state index contributed by atoms with van der Waals surface area (Å²) >= 11 is 0. The zero-order valence-electron chi connectivity index (χ0n) is 14.5. The number of rotatable bonds is 2. The van der Waals surface area contributed by atoms with Crippen molar-refractivity contribution < 1.29 is 18.9 Å². The van der Waals surface area contributed by atoms with E-state index in [9.17, 15) is 0 Å². The van der Waals surface area contributed by atoms with Crippen LogP contribution >= 0.6 is 0 Å². The highest BCUT2D eigenvalue weighted by Crippen LogP contribution is 2.45. The van der Waals surface area contributed by atoms with Gasteiger partial charge in [0.15, 0.2) is 23.0 Å². The Labute approximate surface area is 147 Å². The maximum absolute atomic E-state index is 5.56. The quantitative estimate of drug-likeness (QED) is 0.841. The molecule has 0 aliphatic carbocycles. The van der Waals surface area contributed by atoms with E-state index in [1.165, 1.54) is 22.3 Å². The van der Waals surface area contributed by atoms with Crippen molar-refractivity contribution in [2.45, 2.75) is 25.4 Å². The maximum Gasteiger partial charge on any atom is 0.231 e. The van der Waals surface area contributed by atoms with Crippen LogP contribution in [0.15, 0.2) is 24.3 Å². The molecule has 3 aliphatic heterocycles. The van der Waals surface area contributed by atoms with Gasteiger partial charge in [0, 0.05) is 19.1 Å². The van der Waals surface area contributed by atoms with Crippen LogP contribution in [0.3, 0.4) is 0 Å². The first-order chi connectivity index (χ1) is 12.3. The number of fused-ring (bicyclic) bond motifs is 5. The molecule has 0 amide bonds. The van der Waals surface area contributed by atoms with Crippen LogP contribution in [0.25, 0.3) is 0 Å². The van der Waals surface area contributed by atoms with Gasteiger partial charge in [0.1, 0.15) is 0 Å². The third kappa shape index (κ3) is 2.26. The molecule has 0 spiro atoms. The van der Waals surface area contributed by atoms with E-state index in [-0.39, 0.29) is 0 Å². The lowest BCUT2D eigenvalue weighted by atomic mass is 9.83. The van der Waals surface area contributed by atoms with Crippen LogP contribution in [0.2, 0.25) is 0 Å². The average Bonchev–Trinajstić information content (AvgIpc) is 3.10. The van der Waals surface area contributed by atoms with E-state index in [1.807, 2.05) is 0 Å². The number of methoxy groups -OCH3 is 2. The van der Waals surface area contributed by atoms with E-state index in [4.69, 9.17) is 18.9 Å². The molecule has 130 valence electrons. The van der Waals surface area contributed by atoms with Crippen molar-refractivity contribution in [3.05, 3.63) is 46.5 Å². The molecular weight excluding hydrogens is 318 g/mol. The molecule has 1 atom stereocenters. The van der Waals surface area contributed by atoms with Crippen molar-refractivity contribution in [2.24, 2.45) is 0 Å². The first kappa shape index (κ1) is 14.9. The third-order valence-corrected chi connectivity index (χ3v) is 5.60. The fourth-order valence-electron chi connectivity index (χ4n) is 4.30. The molecule has 0 saturated carbocycles. The van der Waals surface area contributed by atoms with Crippen molar-refractivity contribution in [3.63, 3.8) is 0 Å². The molecule has 2 aromatic carbocycles. The summed E-state index contributed by atoms with van der Waals surface area (Å²) in [6, 6.07) is 8.97. The van der Waals surface area contributed by atoms with E-state index in [2.05, 4.69) is 29.2 Å². The lowest BCUT2D eigenvalue weighted by Crippen LogP contribution is -2.39. The lowest BCUT2D eigenvalue weighted by molar-refractivity contribution is 0.160. The summed E-state index contributed by atoms with van der Waals surface area (Å²) in [5, 5.41) is 0. The molecular formula is C20H21NO4. The summed E-state index contributed by atoms with van der Waals surface area (Å²) < 4.78 is 22.1. The van der Waals surface area contributed by atoms with Crippen molar-refractivity contribution in [1.29, 1.82) is 0 Å². The number of ether oxygens (including phenoxy) is 4. The Morgan fingerprint density at radius 3 is 2.40 bits per heavy atom. The molecule has 5 nitrogen and oxygen atoms in total. The highest BCUT2D eigenvalue weighted by molar-refractivity contribution is 5.53. The number of benzene rings is 2. The first-order valence-electron chi connectivity index (χ1n) is 8.67. The van der Waals surface area contributed by atoms with Crippen LogP contribution in [0.5, 0.6) is 23.0 Å². The van der Waals surface area contributed by atoms with Gasteiger partial charge in [-0.3, -0.25) is 4.90 Å². The van der Waals surface area contributed by atoms with Crippen LogP contribution in [0.4, 0.5) is 0 Å². The molecule has 3 aliphatic rings. The molecule has 0 bridgehead atoms. The predicted octanol–water partition coefficient (Wildman–Crippen LogP) is 3.09. The number of nitrogens with zero attached hydrogens (tertiary/aromatic N) is 1. The summed E-state index contributed by atoms with van der Waals surface area (Å²) in [5.74, 6) is 3.37. The summed E-state index contributed by atoms with van der Waals surface area (Å²) in [6.45, 7) is 2.33. The van der Waals surface area contributed by atoms with Gasteiger partial charge in [0.25, 0.3) is 0 Å². The van der Waals surface area contributed by atoms with Gasteiger partial charge in [-0.05, 0) is 59.4 Å². The molecule has 5 heteroatoms. The average molecular weight is 339 g/mol. The van der Waals surface area contributed by atoms with Gasteiger partial charge in [-0.1, -0.05) is 0 Å². The SMILES string of the molecule is COc1cc2c(cc1OC)C1Cc3cc4c(cc3CN1CC2)OCO4. The smallest absolute Gasteiger partial charge is 0.231 e. The van der Waals surface area contributed by atoms with Gasteiger partial charge in [-0.2, -0.15) is 0 Å². The first-order valence-corrected chi connectivity index (χ1v) is 8.67. The largest absolute Gasteiger partial charge is 0.493 e. The van der Waals surface area contributed by atoms with E-state index in [0.29, 0.717) is 12.8 Å². The van der Waals surface area contributed by atoms with Crippen molar-refractivity contribution >= 4 is 0 Å². The van der Waals surface area contributed by atoms with Gasteiger partial charge in [0.05, 0.1) is 14.2 Å². The van der Waals surface area contributed by atoms with Crippen LogP contribution in [-0.4, -0.2) is 32.5 Å². The standard InChI is InChI=1S/C20H21NO4/c1-22-17-6-12-3-4-21-10-14-8-20-19(24-11-25-20)7-13(14)5-16(21)15(12)9-18(17)23-2/h6-9,16H,3-5,10-11H2,1-2H3. The Balaban J connectivity index is 1.56. The van der Waals surface area contributed by atoms with Gasteiger partial charge in [-0.15, -0.1) is 0 Å². The molecule has 0 aromatic heterocycles. The maximum atomic E-state index is 5.56. The molecule has 0 fully saturated rings. The van der Waals surface area contributed by atoms with E-state index in [0.717, 1.165) is 48.9 Å². The highest BCUT2D eigenvalue weighted by atomic mass is 16.7. The van der Waals surface area contributed by atoms with Gasteiger partial charge in [-0.25, -0.2) is 0 Å². The minimum Gasteiger partial charge on any atom is -0.493 e. The Kier molecular flexibility index (Phi) is 3.31. The monoisotopic (exact) mass is 339 g/mol. The van der Waals surface area contributed by atoms with Crippen LogP contribution in [0, 0.1) is 0 Å². The number of hydrogen-bond acceptors (Lipinski definition) is 5. The van der Waals surface area contributed by atoms with E-state index >= 15 is 0 Å². The summed E-state index contributed by atoms with van der Waals surface area (Å²) in [6.07, 6.45) is 2.01. The minimum absolute atomic E-state index is 0.325. The molecule has 3 heterocycles. The number of hydrogen-bond donors (Lipinski definition) is 0. The normalized spacial score (nSPS) is 20.5. The molecule has 5 rings (SSSR count). The van der Waals surface area contributed by atoms with Gasteiger partial charge in [0.2, 0.25) is 6.79 Å². The van der Waals surface area contributed by atoms with Crippen molar-refractivity contribution in [1.82, 2.24) is 4.90 Å². The minimum atomic E-state index is 0.325. The van der Waals surface area contributed by atoms with Crippen LogP contribution in [0.1, 0.15) is 28.3 Å². The summed E-state index contributed by atoms with van der Waals surface area (Å²) in [5.41, 5.74) is 5.42. The Bertz CT molecular complexity index is 848. The van der Waals surface area contributed by atoms with E-state index < -0.39 is 0 Å². The second-order valence-corrected chi connectivity index (χ2v) is 6.82. The third-order valence-electron chi connectivity index (χ3n) is 5.60. The summed E-state index contributed by atoms with van der Waals surface area (Å²) in [7, 11) is 3.39. The van der Waals surface area contributed by atoms with Crippen LogP contribution < -0.4 is 18.9 Å². The van der Waals surface area contributed by atoms with Crippen LogP contribution in [-0.2, 0) is 19.4 Å². The van der Waals surface area contributed by atoms with Crippen molar-refractivity contribution in [3.8, 4) is 23.0 Å². The van der Waals surface area contributed by atoms with Gasteiger partial charge >= 0.3 is 0 Å². The molecule has 0 radical (unpaired) electrons. The molecule has 25 heavy (non-hydrogen) atoms. The van der Waals surface area contributed by atoms with E-state index in [1.54, 1.807) is 14.2 Å². The van der Waals surface area contributed by atoms with Crippen molar-refractivity contribution in [2.75, 3.05) is 27.6 Å². The highest BCUT2D eigenvalue weighted by Gasteiger charge is 2.34. The second-order valence-electron chi connectivity index (χ2n) is 6.82. The predicted molar refractivity (Wildman–Crippen MR) is 92.7 cm³/mol. The van der Waals surface area contributed by atoms with Gasteiger partial charge < -0.3 is 18.9 Å². The Morgan fingerprint density at radius 1 is 0.920 bits per heavy atom. The topological polar surface area (TPSA) is 40.2 Å².